The Labute approximate surface area is 154 Å². The fourth-order valence-corrected chi connectivity index (χ4v) is 2.63. The summed E-state index contributed by atoms with van der Waals surface area (Å²) in [5, 5.41) is 6.04. The van der Waals surface area contributed by atoms with Gasteiger partial charge in [-0.15, -0.1) is 0 Å². The molecule has 0 spiro atoms. The van der Waals surface area contributed by atoms with Gasteiger partial charge in [-0.2, -0.15) is 0 Å². The molecule has 126 valence electrons. The van der Waals surface area contributed by atoms with Gasteiger partial charge < -0.3 is 15.4 Å². The lowest BCUT2D eigenvalue weighted by Crippen LogP contribution is -2.13. The second kappa shape index (κ2) is 7.81. The molecule has 1 heterocycles. The lowest BCUT2D eigenvalue weighted by Gasteiger charge is -2.08. The number of ether oxygens (including phenoxy) is 1. The smallest absolute Gasteiger partial charge is 0.274 e. The number of hydrogen-bond donors (Lipinski definition) is 2. The van der Waals surface area contributed by atoms with Crippen molar-refractivity contribution < 1.29 is 9.53 Å². The van der Waals surface area contributed by atoms with Crippen LogP contribution < -0.4 is 15.4 Å². The minimum absolute atomic E-state index is 0.276. The molecule has 3 rings (SSSR count). The number of methoxy groups -OCH3 is 1. The molecule has 0 bridgehead atoms. The number of carbonyl (C=O) groups excluding carboxylic acids is 1. The predicted octanol–water partition coefficient (Wildman–Crippen LogP) is 4.85. The molecule has 3 aromatic rings. The van der Waals surface area contributed by atoms with Crippen LogP contribution in [0.1, 0.15) is 10.5 Å². The van der Waals surface area contributed by atoms with Gasteiger partial charge >= 0.3 is 0 Å². The quantitative estimate of drug-likeness (QED) is 0.645. The van der Waals surface area contributed by atoms with Crippen molar-refractivity contribution in [1.82, 2.24) is 4.98 Å². The highest BCUT2D eigenvalue weighted by atomic mass is 79.9. The Hall–Kier alpha value is -2.86. The summed E-state index contributed by atoms with van der Waals surface area (Å²) in [7, 11) is 1.58. The van der Waals surface area contributed by atoms with Gasteiger partial charge in [-0.1, -0.05) is 28.1 Å². The van der Waals surface area contributed by atoms with Crippen molar-refractivity contribution in [3.8, 4) is 5.75 Å². The summed E-state index contributed by atoms with van der Waals surface area (Å²) in [5.41, 5.74) is 2.73. The van der Waals surface area contributed by atoms with E-state index in [-0.39, 0.29) is 5.91 Å². The van der Waals surface area contributed by atoms with E-state index in [4.69, 9.17) is 4.74 Å². The van der Waals surface area contributed by atoms with Crippen LogP contribution in [-0.2, 0) is 0 Å². The molecule has 5 nitrogen and oxygen atoms in total. The van der Waals surface area contributed by atoms with E-state index in [9.17, 15) is 4.79 Å². The zero-order valence-electron chi connectivity index (χ0n) is 13.5. The number of halogens is 1. The van der Waals surface area contributed by atoms with Crippen molar-refractivity contribution >= 4 is 38.9 Å². The van der Waals surface area contributed by atoms with Crippen LogP contribution in [0.4, 0.5) is 17.1 Å². The van der Waals surface area contributed by atoms with Crippen LogP contribution in [0.2, 0.25) is 0 Å². The van der Waals surface area contributed by atoms with E-state index < -0.39 is 0 Å². The van der Waals surface area contributed by atoms with E-state index in [0.29, 0.717) is 17.1 Å². The average molecular weight is 398 g/mol. The molecule has 0 saturated carbocycles. The zero-order valence-corrected chi connectivity index (χ0v) is 15.1. The summed E-state index contributed by atoms with van der Waals surface area (Å²) in [4.78, 5) is 16.5. The van der Waals surface area contributed by atoms with Gasteiger partial charge in [-0.05, 0) is 42.5 Å². The molecule has 1 amide bonds. The fraction of sp³-hybridized carbons (Fsp3) is 0.0526. The van der Waals surface area contributed by atoms with Crippen molar-refractivity contribution in [2.24, 2.45) is 0 Å². The molecule has 2 N–H and O–H groups in total. The summed E-state index contributed by atoms with van der Waals surface area (Å²) in [6.07, 6.45) is 1.63. The Morgan fingerprint density at radius 3 is 2.52 bits per heavy atom. The van der Waals surface area contributed by atoms with E-state index in [2.05, 4.69) is 31.5 Å². The number of benzene rings is 2. The molecule has 0 atom stereocenters. The molecule has 0 unspecified atom stereocenters. The highest BCUT2D eigenvalue weighted by molar-refractivity contribution is 9.10. The van der Waals surface area contributed by atoms with Crippen LogP contribution in [0, 0.1) is 0 Å². The normalized spacial score (nSPS) is 10.2. The van der Waals surface area contributed by atoms with Crippen LogP contribution in [0.5, 0.6) is 5.75 Å². The van der Waals surface area contributed by atoms with Gasteiger partial charge in [0.2, 0.25) is 0 Å². The number of carbonyl (C=O) groups is 1. The first-order chi connectivity index (χ1) is 12.1. The summed E-state index contributed by atoms with van der Waals surface area (Å²) in [5.74, 6) is 0.404. The van der Waals surface area contributed by atoms with Gasteiger partial charge in [-0.25, -0.2) is 4.98 Å². The monoisotopic (exact) mass is 397 g/mol. The fourth-order valence-electron chi connectivity index (χ4n) is 2.23. The van der Waals surface area contributed by atoms with Crippen molar-refractivity contribution in [2.45, 2.75) is 0 Å². The van der Waals surface area contributed by atoms with Crippen LogP contribution in [-0.4, -0.2) is 18.0 Å². The van der Waals surface area contributed by atoms with E-state index in [1.54, 1.807) is 31.5 Å². The Balaban J connectivity index is 1.67. The Morgan fingerprint density at radius 1 is 1.00 bits per heavy atom. The van der Waals surface area contributed by atoms with Crippen molar-refractivity contribution in [3.05, 3.63) is 77.0 Å². The van der Waals surface area contributed by atoms with Crippen molar-refractivity contribution in [3.63, 3.8) is 0 Å². The summed E-state index contributed by atoms with van der Waals surface area (Å²) in [6, 6.07) is 18.5. The number of rotatable bonds is 5. The Kier molecular flexibility index (Phi) is 5.30. The Bertz CT molecular complexity index is 882. The first-order valence-electron chi connectivity index (χ1n) is 7.58. The molecule has 25 heavy (non-hydrogen) atoms. The van der Waals surface area contributed by atoms with E-state index >= 15 is 0 Å². The first-order valence-corrected chi connectivity index (χ1v) is 8.37. The summed E-state index contributed by atoms with van der Waals surface area (Å²) < 4.78 is 6.13. The van der Waals surface area contributed by atoms with Crippen LogP contribution in [0.25, 0.3) is 0 Å². The molecule has 6 heteroatoms. The van der Waals surface area contributed by atoms with Gasteiger partial charge in [-0.3, -0.25) is 4.79 Å². The van der Waals surface area contributed by atoms with Gasteiger partial charge in [0.15, 0.2) is 0 Å². The van der Waals surface area contributed by atoms with E-state index in [1.807, 2.05) is 42.5 Å². The third-order valence-corrected chi connectivity index (χ3v) is 3.93. The molecule has 0 fully saturated rings. The van der Waals surface area contributed by atoms with E-state index in [0.717, 1.165) is 15.8 Å². The lowest BCUT2D eigenvalue weighted by atomic mass is 10.2. The average Bonchev–Trinajstić information content (AvgIpc) is 2.62. The topological polar surface area (TPSA) is 63.2 Å². The molecule has 0 aliphatic rings. The van der Waals surface area contributed by atoms with Crippen molar-refractivity contribution in [2.75, 3.05) is 17.7 Å². The molecular formula is C19H16BrN3O2. The summed E-state index contributed by atoms with van der Waals surface area (Å²) in [6.45, 7) is 0. The van der Waals surface area contributed by atoms with Gasteiger partial charge in [0.1, 0.15) is 11.4 Å². The standard InChI is InChI=1S/C19H16BrN3O2/c1-25-17-7-3-6-15(11-17)23-19(24)18-9-8-16(12-21-18)22-14-5-2-4-13(20)10-14/h2-12,22H,1H3,(H,23,24). The maximum atomic E-state index is 12.3. The molecule has 0 aliphatic carbocycles. The van der Waals surface area contributed by atoms with E-state index in [1.165, 1.54) is 0 Å². The highest BCUT2D eigenvalue weighted by Gasteiger charge is 2.08. The molecular weight excluding hydrogens is 382 g/mol. The minimum atomic E-state index is -0.276. The van der Waals surface area contributed by atoms with Gasteiger partial charge in [0, 0.05) is 21.9 Å². The third kappa shape index (κ3) is 4.58. The second-order valence-corrected chi connectivity index (χ2v) is 6.17. The number of anilines is 3. The number of pyridine rings is 1. The number of nitrogens with zero attached hydrogens (tertiary/aromatic N) is 1. The maximum Gasteiger partial charge on any atom is 0.274 e. The second-order valence-electron chi connectivity index (χ2n) is 5.25. The largest absolute Gasteiger partial charge is 0.497 e. The highest BCUT2D eigenvalue weighted by Crippen LogP contribution is 2.21. The Morgan fingerprint density at radius 2 is 1.80 bits per heavy atom. The lowest BCUT2D eigenvalue weighted by molar-refractivity contribution is 0.102. The zero-order chi connectivity index (χ0) is 17.6. The SMILES string of the molecule is COc1cccc(NC(=O)c2ccc(Nc3cccc(Br)c3)cn2)c1. The first kappa shape index (κ1) is 17.0. The minimum Gasteiger partial charge on any atom is -0.497 e. The molecule has 0 aliphatic heterocycles. The number of nitrogens with one attached hydrogen (secondary N) is 2. The van der Waals surface area contributed by atoms with Crippen molar-refractivity contribution in [1.29, 1.82) is 0 Å². The molecule has 0 radical (unpaired) electrons. The molecule has 0 saturated heterocycles. The predicted molar refractivity (Wildman–Crippen MR) is 103 cm³/mol. The van der Waals surface area contributed by atoms with Crippen LogP contribution in [0.3, 0.4) is 0 Å². The van der Waals surface area contributed by atoms with Crippen LogP contribution >= 0.6 is 15.9 Å². The number of aromatic nitrogens is 1. The number of amides is 1. The molecule has 1 aromatic heterocycles. The summed E-state index contributed by atoms with van der Waals surface area (Å²) >= 11 is 3.43. The maximum absolute atomic E-state index is 12.3. The number of hydrogen-bond acceptors (Lipinski definition) is 4. The third-order valence-electron chi connectivity index (χ3n) is 3.44. The van der Waals surface area contributed by atoms with Crippen LogP contribution in [0.15, 0.2) is 71.3 Å². The van der Waals surface area contributed by atoms with Gasteiger partial charge in [0.05, 0.1) is 19.0 Å². The molecule has 2 aromatic carbocycles. The van der Waals surface area contributed by atoms with Gasteiger partial charge in [0.25, 0.3) is 5.91 Å².